The van der Waals surface area contributed by atoms with Gasteiger partial charge in [-0.25, -0.2) is 8.42 Å². The van der Waals surface area contributed by atoms with E-state index in [1.807, 2.05) is 0 Å². The maximum absolute atomic E-state index is 13.2. The summed E-state index contributed by atoms with van der Waals surface area (Å²) in [6.07, 6.45) is 0.854. The van der Waals surface area contributed by atoms with Gasteiger partial charge in [0.05, 0.1) is 24.0 Å². The van der Waals surface area contributed by atoms with Gasteiger partial charge in [-0.3, -0.25) is 14.9 Å². The first kappa shape index (κ1) is 21.5. The lowest BCUT2D eigenvalue weighted by atomic mass is 10.2. The fraction of sp³-hybridized carbons (Fsp3) is 0.316. The summed E-state index contributed by atoms with van der Waals surface area (Å²) in [5.74, 6) is 0.102. The van der Waals surface area contributed by atoms with E-state index < -0.39 is 26.9 Å². The molecule has 3 rings (SSSR count). The molecule has 0 saturated carbocycles. The van der Waals surface area contributed by atoms with Crippen molar-refractivity contribution in [3.8, 4) is 11.5 Å². The quantitative estimate of drug-likeness (QED) is 0.522. The van der Waals surface area contributed by atoms with Gasteiger partial charge in [-0.15, -0.1) is 0 Å². The normalized spacial score (nSPS) is 16.8. The lowest BCUT2D eigenvalue weighted by molar-refractivity contribution is -0.384. The fourth-order valence-electron chi connectivity index (χ4n) is 3.33. The molecule has 1 heterocycles. The molecule has 0 aromatic heterocycles. The summed E-state index contributed by atoms with van der Waals surface area (Å²) in [6.45, 7) is 0.184. The first-order valence-electron chi connectivity index (χ1n) is 9.07. The number of hydrogen-bond acceptors (Lipinski definition) is 7. The Kier molecular flexibility index (Phi) is 6.22. The van der Waals surface area contributed by atoms with Crippen LogP contribution in [0.4, 0.5) is 11.4 Å². The third-order valence-electron chi connectivity index (χ3n) is 4.79. The van der Waals surface area contributed by atoms with Gasteiger partial charge in [0.25, 0.3) is 5.69 Å². The molecule has 10 nitrogen and oxygen atoms in total. The molecule has 2 aromatic carbocycles. The highest BCUT2D eigenvalue weighted by Crippen LogP contribution is 2.33. The first-order chi connectivity index (χ1) is 14.3. The number of non-ortho nitro benzene ring substituents is 1. The lowest BCUT2D eigenvalue weighted by Crippen LogP contribution is -2.43. The van der Waals surface area contributed by atoms with Crippen molar-refractivity contribution in [2.75, 3.05) is 26.1 Å². The summed E-state index contributed by atoms with van der Waals surface area (Å²) >= 11 is 0. The number of benzene rings is 2. The maximum atomic E-state index is 13.2. The summed E-state index contributed by atoms with van der Waals surface area (Å²) < 4.78 is 37.8. The van der Waals surface area contributed by atoms with Crippen LogP contribution in [-0.4, -0.2) is 50.4 Å². The second-order valence-electron chi connectivity index (χ2n) is 6.59. The molecule has 0 aliphatic carbocycles. The number of rotatable bonds is 7. The van der Waals surface area contributed by atoms with Gasteiger partial charge in [-0.1, -0.05) is 6.07 Å². The van der Waals surface area contributed by atoms with Gasteiger partial charge in [-0.2, -0.15) is 4.31 Å². The Morgan fingerprint density at radius 3 is 2.57 bits per heavy atom. The number of anilines is 1. The Hall–Kier alpha value is -3.18. The summed E-state index contributed by atoms with van der Waals surface area (Å²) in [7, 11) is -1.13. The van der Waals surface area contributed by atoms with Crippen molar-refractivity contribution >= 4 is 27.3 Å². The average Bonchev–Trinajstić information content (AvgIpc) is 3.24. The van der Waals surface area contributed by atoms with Crippen molar-refractivity contribution in [2.45, 2.75) is 23.8 Å². The van der Waals surface area contributed by atoms with Gasteiger partial charge in [0, 0.05) is 30.4 Å². The zero-order valence-electron chi connectivity index (χ0n) is 16.4. The van der Waals surface area contributed by atoms with Crippen molar-refractivity contribution in [3.05, 3.63) is 52.6 Å². The van der Waals surface area contributed by atoms with E-state index in [-0.39, 0.29) is 28.6 Å². The third kappa shape index (κ3) is 4.21. The zero-order valence-corrected chi connectivity index (χ0v) is 17.2. The van der Waals surface area contributed by atoms with E-state index in [0.29, 0.717) is 18.6 Å². The van der Waals surface area contributed by atoms with Gasteiger partial charge in [0.15, 0.2) is 11.5 Å². The first-order valence-corrected chi connectivity index (χ1v) is 10.5. The van der Waals surface area contributed by atoms with Crippen LogP contribution in [0.3, 0.4) is 0 Å². The molecule has 2 aromatic rings. The van der Waals surface area contributed by atoms with E-state index in [4.69, 9.17) is 9.47 Å². The van der Waals surface area contributed by atoms with Crippen LogP contribution in [0.2, 0.25) is 0 Å². The Balaban J connectivity index is 1.85. The van der Waals surface area contributed by atoms with Crippen molar-refractivity contribution in [1.29, 1.82) is 0 Å². The van der Waals surface area contributed by atoms with Crippen LogP contribution in [0.15, 0.2) is 47.4 Å². The highest BCUT2D eigenvalue weighted by molar-refractivity contribution is 7.89. The monoisotopic (exact) mass is 435 g/mol. The highest BCUT2D eigenvalue weighted by Gasteiger charge is 2.39. The molecule has 160 valence electrons. The largest absolute Gasteiger partial charge is 0.493 e. The number of ether oxygens (including phenoxy) is 2. The van der Waals surface area contributed by atoms with Crippen molar-refractivity contribution in [1.82, 2.24) is 4.31 Å². The van der Waals surface area contributed by atoms with Gasteiger partial charge < -0.3 is 14.8 Å². The molecule has 1 N–H and O–H groups in total. The SMILES string of the molecule is COc1ccc(S(=O)(=O)N2CCCC2C(=O)Nc2cccc([N+](=O)[O-])c2)cc1OC. The number of nitro groups is 1. The topological polar surface area (TPSA) is 128 Å². The molecule has 0 radical (unpaired) electrons. The Bertz CT molecular complexity index is 1070. The third-order valence-corrected chi connectivity index (χ3v) is 6.70. The van der Waals surface area contributed by atoms with Crippen molar-refractivity contribution in [3.63, 3.8) is 0 Å². The minimum Gasteiger partial charge on any atom is -0.493 e. The molecule has 11 heteroatoms. The molecule has 30 heavy (non-hydrogen) atoms. The van der Waals surface area contributed by atoms with E-state index in [2.05, 4.69) is 5.32 Å². The standard InChI is InChI=1S/C19H21N3O7S/c1-28-17-9-8-15(12-18(17)29-2)30(26,27)21-10-4-7-16(21)19(23)20-13-5-3-6-14(11-13)22(24)25/h3,5-6,8-9,11-12,16H,4,7,10H2,1-2H3,(H,20,23). The Labute approximate surface area is 173 Å². The van der Waals surface area contributed by atoms with E-state index in [0.717, 1.165) is 4.31 Å². The molecular weight excluding hydrogens is 414 g/mol. The molecular formula is C19H21N3O7S. The molecule has 0 spiro atoms. The minimum atomic E-state index is -3.98. The summed E-state index contributed by atoms with van der Waals surface area (Å²) in [6, 6.07) is 8.78. The molecule has 1 aliphatic heterocycles. The zero-order chi connectivity index (χ0) is 21.9. The Morgan fingerprint density at radius 2 is 1.90 bits per heavy atom. The molecule has 1 atom stereocenters. The predicted octanol–water partition coefficient (Wildman–Crippen LogP) is 2.40. The number of amides is 1. The number of carbonyl (C=O) groups excluding carboxylic acids is 1. The van der Waals surface area contributed by atoms with Gasteiger partial charge >= 0.3 is 0 Å². The van der Waals surface area contributed by atoms with Gasteiger partial charge in [0.1, 0.15) is 6.04 Å². The molecule has 1 amide bonds. The molecule has 0 bridgehead atoms. The predicted molar refractivity (Wildman–Crippen MR) is 108 cm³/mol. The molecule has 1 saturated heterocycles. The van der Waals surface area contributed by atoms with Gasteiger partial charge in [0.2, 0.25) is 15.9 Å². The van der Waals surface area contributed by atoms with Crippen LogP contribution in [0.25, 0.3) is 0 Å². The summed E-state index contributed by atoms with van der Waals surface area (Å²) in [5, 5.41) is 13.5. The second-order valence-corrected chi connectivity index (χ2v) is 8.48. The molecule has 1 unspecified atom stereocenters. The number of nitrogens with one attached hydrogen (secondary N) is 1. The van der Waals surface area contributed by atoms with Crippen LogP contribution in [0, 0.1) is 10.1 Å². The second kappa shape index (κ2) is 8.67. The van der Waals surface area contributed by atoms with E-state index in [9.17, 15) is 23.3 Å². The highest BCUT2D eigenvalue weighted by atomic mass is 32.2. The van der Waals surface area contributed by atoms with Crippen molar-refractivity contribution in [2.24, 2.45) is 0 Å². The van der Waals surface area contributed by atoms with E-state index in [1.165, 1.54) is 56.7 Å². The van der Waals surface area contributed by atoms with E-state index in [1.54, 1.807) is 0 Å². The number of carbonyl (C=O) groups is 1. The van der Waals surface area contributed by atoms with E-state index >= 15 is 0 Å². The van der Waals surface area contributed by atoms with Crippen LogP contribution in [0.5, 0.6) is 11.5 Å². The average molecular weight is 435 g/mol. The minimum absolute atomic E-state index is 0.0183. The number of sulfonamides is 1. The number of nitrogens with zero attached hydrogens (tertiary/aromatic N) is 2. The maximum Gasteiger partial charge on any atom is 0.271 e. The molecule has 1 fully saturated rings. The Morgan fingerprint density at radius 1 is 1.17 bits per heavy atom. The lowest BCUT2D eigenvalue weighted by Gasteiger charge is -2.23. The van der Waals surface area contributed by atoms with Crippen LogP contribution >= 0.6 is 0 Å². The fourth-order valence-corrected chi connectivity index (χ4v) is 5.00. The number of methoxy groups -OCH3 is 2. The summed E-state index contributed by atoms with van der Waals surface area (Å²) in [5.41, 5.74) is 0.0543. The summed E-state index contributed by atoms with van der Waals surface area (Å²) in [4.78, 5) is 23.1. The smallest absolute Gasteiger partial charge is 0.271 e. The van der Waals surface area contributed by atoms with Crippen LogP contribution < -0.4 is 14.8 Å². The van der Waals surface area contributed by atoms with Gasteiger partial charge in [-0.05, 0) is 31.0 Å². The number of hydrogen-bond donors (Lipinski definition) is 1. The van der Waals surface area contributed by atoms with Crippen LogP contribution in [-0.2, 0) is 14.8 Å². The number of nitro benzene ring substituents is 1. The molecule has 1 aliphatic rings. The van der Waals surface area contributed by atoms with Crippen molar-refractivity contribution < 1.29 is 27.6 Å². The van der Waals surface area contributed by atoms with Crippen LogP contribution in [0.1, 0.15) is 12.8 Å².